The second-order valence-corrected chi connectivity index (χ2v) is 7.75. The average molecular weight is 417 g/mol. The number of anilines is 1. The number of rotatable bonds is 5. The molecule has 0 unspecified atom stereocenters. The largest absolute Gasteiger partial charge is 0.573 e. The van der Waals surface area contributed by atoms with Crippen molar-refractivity contribution in [2.75, 3.05) is 11.1 Å². The van der Waals surface area contributed by atoms with Crippen molar-refractivity contribution >= 4 is 44.2 Å². The minimum absolute atomic E-state index is 0.113. The molecule has 1 aromatic heterocycles. The quantitative estimate of drug-likeness (QED) is 0.685. The van der Waals surface area contributed by atoms with Gasteiger partial charge in [-0.3, -0.25) is 4.79 Å². The summed E-state index contributed by atoms with van der Waals surface area (Å²) in [5, 5.41) is 2.31. The van der Waals surface area contributed by atoms with Crippen LogP contribution < -0.4 is 10.1 Å². The Morgan fingerprint density at radius 3 is 2.48 bits per heavy atom. The number of carbonyl (C=O) groups is 1. The van der Waals surface area contributed by atoms with E-state index >= 15 is 0 Å². The van der Waals surface area contributed by atoms with E-state index in [0.717, 1.165) is 36.0 Å². The van der Waals surface area contributed by atoms with Crippen molar-refractivity contribution in [2.24, 2.45) is 0 Å². The third kappa shape index (κ3) is 4.71. The van der Waals surface area contributed by atoms with E-state index in [1.807, 2.05) is 0 Å². The van der Waals surface area contributed by atoms with Gasteiger partial charge in [-0.15, -0.1) is 13.2 Å². The molecule has 3 aromatic rings. The molecule has 27 heavy (non-hydrogen) atoms. The van der Waals surface area contributed by atoms with E-state index in [-0.39, 0.29) is 16.1 Å². The average Bonchev–Trinajstić information content (AvgIpc) is 3.03. The summed E-state index contributed by atoms with van der Waals surface area (Å²) in [7, 11) is -3.99. The van der Waals surface area contributed by atoms with Gasteiger partial charge < -0.3 is 10.1 Å². The molecule has 0 atom stereocenters. The SMILES string of the molecule is O=C(CS(=O)(=O)c1cccc2nsnc12)Nc1ccc(OC(F)(F)F)cc1. The first-order valence-corrected chi connectivity index (χ1v) is 9.62. The highest BCUT2D eigenvalue weighted by Gasteiger charge is 2.31. The molecule has 0 bridgehead atoms. The van der Waals surface area contributed by atoms with Crippen molar-refractivity contribution in [3.63, 3.8) is 0 Å². The highest BCUT2D eigenvalue weighted by atomic mass is 32.2. The Bertz CT molecular complexity index is 1080. The molecule has 0 fully saturated rings. The monoisotopic (exact) mass is 417 g/mol. The number of hydrogen-bond donors (Lipinski definition) is 1. The van der Waals surface area contributed by atoms with Gasteiger partial charge in [0.25, 0.3) is 0 Å². The lowest BCUT2D eigenvalue weighted by atomic mass is 10.3. The summed E-state index contributed by atoms with van der Waals surface area (Å²) in [5.74, 6) is -2.17. The Hall–Kier alpha value is -2.73. The topological polar surface area (TPSA) is 98.2 Å². The Morgan fingerprint density at radius 1 is 1.11 bits per heavy atom. The Balaban J connectivity index is 1.71. The van der Waals surface area contributed by atoms with Crippen LogP contribution in [0.3, 0.4) is 0 Å². The third-order valence-corrected chi connectivity index (χ3v) is 5.46. The van der Waals surface area contributed by atoms with Gasteiger partial charge in [0.05, 0.1) is 16.6 Å². The molecule has 0 spiro atoms. The summed E-state index contributed by atoms with van der Waals surface area (Å²) in [6.07, 6.45) is -4.83. The number of amides is 1. The van der Waals surface area contributed by atoms with Crippen LogP contribution >= 0.6 is 11.7 Å². The molecule has 1 N–H and O–H groups in total. The smallest absolute Gasteiger partial charge is 0.406 e. The molecular weight excluding hydrogens is 407 g/mol. The van der Waals surface area contributed by atoms with Gasteiger partial charge in [0, 0.05) is 5.69 Å². The highest BCUT2D eigenvalue weighted by Crippen LogP contribution is 2.25. The zero-order valence-corrected chi connectivity index (χ0v) is 14.9. The lowest BCUT2D eigenvalue weighted by molar-refractivity contribution is -0.274. The summed E-state index contributed by atoms with van der Waals surface area (Å²) in [6, 6.07) is 8.75. The van der Waals surface area contributed by atoms with Gasteiger partial charge in [-0.1, -0.05) is 6.07 Å². The maximum absolute atomic E-state index is 12.5. The van der Waals surface area contributed by atoms with Crippen LogP contribution in [0.4, 0.5) is 18.9 Å². The van der Waals surface area contributed by atoms with Gasteiger partial charge >= 0.3 is 6.36 Å². The number of nitrogens with zero attached hydrogens (tertiary/aromatic N) is 2. The maximum Gasteiger partial charge on any atom is 0.573 e. The molecule has 0 saturated heterocycles. The highest BCUT2D eigenvalue weighted by molar-refractivity contribution is 7.92. The van der Waals surface area contributed by atoms with Gasteiger partial charge in [-0.25, -0.2) is 8.42 Å². The van der Waals surface area contributed by atoms with Crippen LogP contribution in [-0.4, -0.2) is 35.2 Å². The second-order valence-electron chi connectivity index (χ2n) is 5.27. The first-order valence-electron chi connectivity index (χ1n) is 7.24. The van der Waals surface area contributed by atoms with Crippen LogP contribution in [0.2, 0.25) is 0 Å². The molecule has 0 radical (unpaired) electrons. The van der Waals surface area contributed by atoms with Crippen molar-refractivity contribution in [3.05, 3.63) is 42.5 Å². The number of hydrogen-bond acceptors (Lipinski definition) is 7. The fourth-order valence-corrected chi connectivity index (χ4v) is 4.13. The van der Waals surface area contributed by atoms with Crippen LogP contribution in [0.5, 0.6) is 5.75 Å². The first kappa shape index (κ1) is 19.0. The van der Waals surface area contributed by atoms with Crippen molar-refractivity contribution in [1.29, 1.82) is 0 Å². The van der Waals surface area contributed by atoms with Crippen LogP contribution in [0.1, 0.15) is 0 Å². The van der Waals surface area contributed by atoms with Crippen LogP contribution in [0.25, 0.3) is 11.0 Å². The number of sulfone groups is 1. The van der Waals surface area contributed by atoms with E-state index < -0.39 is 33.6 Å². The molecule has 12 heteroatoms. The Morgan fingerprint density at radius 2 is 1.81 bits per heavy atom. The number of ether oxygens (including phenoxy) is 1. The lowest BCUT2D eigenvalue weighted by Crippen LogP contribution is -2.23. The molecule has 3 rings (SSSR count). The molecule has 0 aliphatic carbocycles. The van der Waals surface area contributed by atoms with E-state index in [1.165, 1.54) is 12.1 Å². The van der Waals surface area contributed by atoms with Crippen LogP contribution in [0.15, 0.2) is 47.4 Å². The molecule has 0 aliphatic rings. The number of carbonyl (C=O) groups excluding carboxylic acids is 1. The number of benzene rings is 2. The predicted octanol–water partition coefficient (Wildman–Crippen LogP) is 3.00. The molecule has 1 heterocycles. The molecule has 7 nitrogen and oxygen atoms in total. The number of fused-ring (bicyclic) bond motifs is 1. The number of alkyl halides is 3. The zero-order chi connectivity index (χ0) is 19.7. The second kappa shape index (κ2) is 7.12. The van der Waals surface area contributed by atoms with E-state index in [2.05, 4.69) is 18.8 Å². The number of halogens is 3. The standard InChI is InChI=1S/C15H10F3N3O4S2/c16-15(17,18)25-10-6-4-9(5-7-10)19-13(22)8-27(23,24)12-3-1-2-11-14(12)21-26-20-11/h1-7H,8H2,(H,19,22). The normalized spacial score (nSPS) is 12.1. The first-order chi connectivity index (χ1) is 12.6. The predicted molar refractivity (Wildman–Crippen MR) is 91.2 cm³/mol. The molecule has 0 saturated carbocycles. The van der Waals surface area contributed by atoms with Gasteiger partial charge in [-0.2, -0.15) is 8.75 Å². The summed E-state index contributed by atoms with van der Waals surface area (Å²) in [4.78, 5) is 11.9. The summed E-state index contributed by atoms with van der Waals surface area (Å²) in [5.41, 5.74) is 0.712. The minimum Gasteiger partial charge on any atom is -0.406 e. The Labute approximate surface area is 155 Å². The van der Waals surface area contributed by atoms with Crippen molar-refractivity contribution in [2.45, 2.75) is 11.3 Å². The van der Waals surface area contributed by atoms with Crippen molar-refractivity contribution in [3.8, 4) is 5.75 Å². The fraction of sp³-hybridized carbons (Fsp3) is 0.133. The number of nitrogens with one attached hydrogen (secondary N) is 1. The van der Waals surface area contributed by atoms with Gasteiger partial charge in [-0.05, 0) is 36.4 Å². The maximum atomic E-state index is 12.5. The lowest BCUT2D eigenvalue weighted by Gasteiger charge is -2.10. The minimum atomic E-state index is -4.83. The van der Waals surface area contributed by atoms with E-state index in [9.17, 15) is 26.4 Å². The molecule has 2 aromatic carbocycles. The van der Waals surface area contributed by atoms with Gasteiger partial charge in [0.2, 0.25) is 5.91 Å². The van der Waals surface area contributed by atoms with E-state index in [1.54, 1.807) is 6.07 Å². The molecule has 1 amide bonds. The van der Waals surface area contributed by atoms with E-state index in [4.69, 9.17) is 0 Å². The third-order valence-electron chi connectivity index (χ3n) is 3.28. The van der Waals surface area contributed by atoms with Crippen molar-refractivity contribution < 1.29 is 31.1 Å². The molecule has 142 valence electrons. The number of aromatic nitrogens is 2. The fourth-order valence-electron chi connectivity index (χ4n) is 2.22. The van der Waals surface area contributed by atoms with Gasteiger partial charge in [0.1, 0.15) is 22.5 Å². The van der Waals surface area contributed by atoms with Crippen LogP contribution in [0, 0.1) is 0 Å². The van der Waals surface area contributed by atoms with E-state index in [0.29, 0.717) is 5.52 Å². The summed E-state index contributed by atoms with van der Waals surface area (Å²) >= 11 is 0.853. The molecular formula is C15H10F3N3O4S2. The summed E-state index contributed by atoms with van der Waals surface area (Å²) in [6.45, 7) is 0. The van der Waals surface area contributed by atoms with Crippen LogP contribution in [-0.2, 0) is 14.6 Å². The van der Waals surface area contributed by atoms with Crippen molar-refractivity contribution in [1.82, 2.24) is 8.75 Å². The Kier molecular flexibility index (Phi) is 5.02. The van der Waals surface area contributed by atoms with Gasteiger partial charge in [0.15, 0.2) is 9.84 Å². The summed E-state index contributed by atoms with van der Waals surface area (Å²) < 4.78 is 72.9. The zero-order valence-electron chi connectivity index (χ0n) is 13.2. The molecule has 0 aliphatic heterocycles.